The minimum atomic E-state index is -0.731. The van der Waals surface area contributed by atoms with E-state index in [1.807, 2.05) is 60.7 Å². The lowest BCUT2D eigenvalue weighted by molar-refractivity contribution is -0.136. The third-order valence-electron chi connectivity index (χ3n) is 4.93. The van der Waals surface area contributed by atoms with E-state index in [0.29, 0.717) is 15.5 Å². The molecule has 148 valence electrons. The molecule has 0 aliphatic carbocycles. The van der Waals surface area contributed by atoms with Crippen molar-refractivity contribution in [1.82, 2.24) is 4.90 Å². The quantitative estimate of drug-likeness (QED) is 0.771. The van der Waals surface area contributed by atoms with Crippen molar-refractivity contribution in [2.24, 2.45) is 5.73 Å². The summed E-state index contributed by atoms with van der Waals surface area (Å²) in [6.07, 6.45) is 1.46. The zero-order chi connectivity index (χ0) is 21.3. The fourth-order valence-corrected chi connectivity index (χ4v) is 4.77. The molecule has 0 bridgehead atoms. The van der Waals surface area contributed by atoms with Crippen LogP contribution in [0.25, 0.3) is 4.91 Å². The van der Waals surface area contributed by atoms with Gasteiger partial charge in [0, 0.05) is 11.0 Å². The number of rotatable bonds is 3. The molecule has 30 heavy (non-hydrogen) atoms. The van der Waals surface area contributed by atoms with Crippen LogP contribution in [0.2, 0.25) is 0 Å². The first-order valence-electron chi connectivity index (χ1n) is 9.13. The Hall–Kier alpha value is -3.76. The number of hydrogen-bond acceptors (Lipinski definition) is 6. The molecule has 2 aliphatic rings. The molecular weight excluding hydrogens is 398 g/mol. The molecular formula is C23H17N3O3S. The van der Waals surface area contributed by atoms with E-state index in [4.69, 9.17) is 10.5 Å². The van der Waals surface area contributed by atoms with Crippen molar-refractivity contribution in [2.75, 3.05) is 7.11 Å². The highest BCUT2D eigenvalue weighted by atomic mass is 32.2. The minimum Gasteiger partial charge on any atom is -0.466 e. The predicted molar refractivity (Wildman–Crippen MR) is 114 cm³/mol. The first-order valence-corrected chi connectivity index (χ1v) is 9.94. The van der Waals surface area contributed by atoms with Crippen LogP contribution in [0.15, 0.2) is 88.7 Å². The lowest BCUT2D eigenvalue weighted by Crippen LogP contribution is -2.40. The summed E-state index contributed by atoms with van der Waals surface area (Å²) in [6.45, 7) is 0. The van der Waals surface area contributed by atoms with E-state index in [-0.39, 0.29) is 17.0 Å². The van der Waals surface area contributed by atoms with E-state index >= 15 is 0 Å². The Balaban J connectivity index is 1.97. The summed E-state index contributed by atoms with van der Waals surface area (Å²) < 4.78 is 5.05. The van der Waals surface area contributed by atoms with Gasteiger partial charge in [-0.1, -0.05) is 72.4 Å². The molecule has 2 aliphatic heterocycles. The summed E-state index contributed by atoms with van der Waals surface area (Å²) in [7, 11) is 1.28. The summed E-state index contributed by atoms with van der Waals surface area (Å²) in [4.78, 5) is 27.8. The lowest BCUT2D eigenvalue weighted by atomic mass is 9.83. The standard InChI is InChI=1S/C23H17N3O3S/c1-29-23(28)20-19(15-10-6-3-7-11-15)16(13-24)21(25)26-18(27)12-17(30-22(20)26)14-8-4-2-5-9-14/h2-12,19H,25H2,1H3. The first kappa shape index (κ1) is 19.6. The highest BCUT2D eigenvalue weighted by molar-refractivity contribution is 8.11. The number of allylic oxidation sites excluding steroid dienone is 1. The van der Waals surface area contributed by atoms with E-state index < -0.39 is 17.8 Å². The number of esters is 1. The van der Waals surface area contributed by atoms with Gasteiger partial charge in [-0.25, -0.2) is 4.79 Å². The van der Waals surface area contributed by atoms with Crippen LogP contribution >= 0.6 is 11.8 Å². The van der Waals surface area contributed by atoms with Crippen molar-refractivity contribution < 1.29 is 14.3 Å². The number of carbonyl (C=O) groups is 2. The van der Waals surface area contributed by atoms with Crippen LogP contribution in [-0.4, -0.2) is 23.9 Å². The van der Waals surface area contributed by atoms with Gasteiger partial charge in [0.25, 0.3) is 5.91 Å². The molecule has 0 aromatic heterocycles. The third-order valence-corrected chi connectivity index (χ3v) is 6.10. The maximum atomic E-state index is 13.0. The van der Waals surface area contributed by atoms with Gasteiger partial charge in [0.2, 0.25) is 0 Å². The van der Waals surface area contributed by atoms with Crippen molar-refractivity contribution in [3.8, 4) is 6.07 Å². The monoisotopic (exact) mass is 415 g/mol. The molecule has 1 atom stereocenters. The molecule has 1 unspecified atom stereocenters. The molecule has 0 spiro atoms. The Bertz CT molecular complexity index is 1160. The van der Waals surface area contributed by atoms with Crippen molar-refractivity contribution in [3.63, 3.8) is 0 Å². The molecule has 0 saturated carbocycles. The van der Waals surface area contributed by atoms with Gasteiger partial charge >= 0.3 is 5.97 Å². The van der Waals surface area contributed by atoms with Crippen molar-refractivity contribution in [2.45, 2.75) is 5.92 Å². The number of nitriles is 1. The Labute approximate surface area is 177 Å². The number of methoxy groups -OCH3 is 1. The number of carbonyl (C=O) groups excluding carboxylic acids is 2. The summed E-state index contributed by atoms with van der Waals surface area (Å²) in [5, 5.41) is 10.2. The molecule has 2 aromatic rings. The Kier molecular flexibility index (Phi) is 5.17. The number of thioether (sulfide) groups is 1. The molecule has 0 fully saturated rings. The van der Waals surface area contributed by atoms with Crippen LogP contribution in [-0.2, 0) is 14.3 Å². The van der Waals surface area contributed by atoms with E-state index in [0.717, 1.165) is 5.56 Å². The fraction of sp³-hybridized carbons (Fsp3) is 0.0870. The van der Waals surface area contributed by atoms with Gasteiger partial charge in [-0.3, -0.25) is 9.69 Å². The number of nitrogens with two attached hydrogens (primary N) is 1. The average molecular weight is 415 g/mol. The molecule has 4 rings (SSSR count). The van der Waals surface area contributed by atoms with E-state index in [2.05, 4.69) is 6.07 Å². The van der Waals surface area contributed by atoms with Crippen molar-refractivity contribution in [1.29, 1.82) is 5.26 Å². The van der Waals surface area contributed by atoms with E-state index in [9.17, 15) is 14.9 Å². The number of amides is 1. The zero-order valence-electron chi connectivity index (χ0n) is 16.0. The maximum Gasteiger partial charge on any atom is 0.337 e. The predicted octanol–water partition coefficient (Wildman–Crippen LogP) is 3.48. The van der Waals surface area contributed by atoms with Crippen LogP contribution in [0.5, 0.6) is 0 Å². The highest BCUT2D eigenvalue weighted by Gasteiger charge is 2.43. The molecule has 7 heteroatoms. The molecule has 2 heterocycles. The number of fused-ring (bicyclic) bond motifs is 1. The van der Waals surface area contributed by atoms with Crippen LogP contribution in [0, 0.1) is 11.3 Å². The van der Waals surface area contributed by atoms with E-state index in [1.165, 1.54) is 29.8 Å². The Morgan fingerprint density at radius 3 is 2.37 bits per heavy atom. The number of nitrogens with zero attached hydrogens (tertiary/aromatic N) is 2. The second-order valence-corrected chi connectivity index (χ2v) is 7.65. The van der Waals surface area contributed by atoms with Gasteiger partial charge < -0.3 is 10.5 Å². The first-order chi connectivity index (χ1) is 14.6. The van der Waals surface area contributed by atoms with Crippen molar-refractivity contribution >= 4 is 28.5 Å². The largest absolute Gasteiger partial charge is 0.466 e. The minimum absolute atomic E-state index is 0.0230. The van der Waals surface area contributed by atoms with Crippen LogP contribution in [0.4, 0.5) is 0 Å². The summed E-state index contributed by atoms with van der Waals surface area (Å²) >= 11 is 1.26. The molecule has 1 amide bonds. The van der Waals surface area contributed by atoms with Gasteiger partial charge in [0.1, 0.15) is 10.9 Å². The molecule has 6 nitrogen and oxygen atoms in total. The van der Waals surface area contributed by atoms with Gasteiger partial charge in [-0.15, -0.1) is 0 Å². The van der Waals surface area contributed by atoms with Crippen LogP contribution in [0.3, 0.4) is 0 Å². The molecule has 0 radical (unpaired) electrons. The van der Waals surface area contributed by atoms with Crippen LogP contribution in [0.1, 0.15) is 17.0 Å². The molecule has 0 saturated heterocycles. The average Bonchev–Trinajstić information content (AvgIpc) is 2.79. The smallest absolute Gasteiger partial charge is 0.337 e. The van der Waals surface area contributed by atoms with Crippen LogP contribution < -0.4 is 5.73 Å². The Morgan fingerprint density at radius 2 is 1.77 bits per heavy atom. The fourth-order valence-electron chi connectivity index (χ4n) is 3.56. The number of benzene rings is 2. The summed E-state index contributed by atoms with van der Waals surface area (Å²) in [6, 6.07) is 20.6. The third kappa shape index (κ3) is 3.17. The SMILES string of the molecule is COC(=O)C1=C2SC(c3ccccc3)=CC(=O)N2C(N)=C(C#N)C1c1ccccc1. The van der Waals surface area contributed by atoms with E-state index in [1.54, 1.807) is 0 Å². The van der Waals surface area contributed by atoms with Crippen molar-refractivity contribution in [3.05, 3.63) is 99.9 Å². The van der Waals surface area contributed by atoms with Gasteiger partial charge in [0.15, 0.2) is 0 Å². The number of hydrogen-bond donors (Lipinski definition) is 1. The highest BCUT2D eigenvalue weighted by Crippen LogP contribution is 2.49. The zero-order valence-corrected chi connectivity index (χ0v) is 16.8. The van der Waals surface area contributed by atoms with Gasteiger partial charge in [0.05, 0.1) is 30.2 Å². The number of ether oxygens (including phenoxy) is 1. The second kappa shape index (κ2) is 7.93. The molecule has 2 aromatic carbocycles. The lowest BCUT2D eigenvalue weighted by Gasteiger charge is -2.37. The Morgan fingerprint density at radius 1 is 1.13 bits per heavy atom. The summed E-state index contributed by atoms with van der Waals surface area (Å²) in [5.74, 6) is -1.74. The van der Waals surface area contributed by atoms with Gasteiger partial charge in [-0.2, -0.15) is 5.26 Å². The second-order valence-electron chi connectivity index (χ2n) is 6.62. The topological polar surface area (TPSA) is 96.4 Å². The molecule has 2 N–H and O–H groups in total. The van der Waals surface area contributed by atoms with Gasteiger partial charge in [-0.05, 0) is 11.1 Å². The summed E-state index contributed by atoms with van der Waals surface area (Å²) in [5.41, 5.74) is 8.20. The maximum absolute atomic E-state index is 13.0. The normalized spacial score (nSPS) is 18.5.